The molecule has 4 heterocycles. The normalized spacial score (nSPS) is 22.7. The first-order valence-electron chi connectivity index (χ1n) is 28.3. The zero-order valence-electron chi connectivity index (χ0n) is 42.2. The molecule has 4 fully saturated rings. The number of hydrogen-bond donors (Lipinski definition) is 0. The molecule has 17 rings (SSSR count). The maximum absolute atomic E-state index is 2.80. The van der Waals surface area contributed by atoms with Crippen molar-refractivity contribution in [1.82, 2.24) is 4.57 Å². The fourth-order valence-corrected chi connectivity index (χ4v) is 18.0. The van der Waals surface area contributed by atoms with Crippen molar-refractivity contribution in [2.45, 2.75) is 101 Å². The quantitative estimate of drug-likeness (QED) is 0.156. The molecule has 11 aromatic rings. The summed E-state index contributed by atoms with van der Waals surface area (Å²) in [7, 11) is 0. The number of nitrogens with zero attached hydrogens (tertiary/aromatic N) is 2. The SMILES string of the molecule is c1ccc(-c2ccc(N3B4c5c(cc(-c6ccccc6)cc5-n5c6ccc(C78CCCC(CCC7)C8)cc6c6cc(C78CCCC(CCC7)C8)cc4c65)-c4cc5sc6cc7ccccc7cc6c5cc43)cc2)cc1. The van der Waals surface area contributed by atoms with Crippen molar-refractivity contribution in [2.24, 2.45) is 11.8 Å². The van der Waals surface area contributed by atoms with Gasteiger partial charge in [-0.3, -0.25) is 0 Å². The second-order valence-electron chi connectivity index (χ2n) is 24.0. The van der Waals surface area contributed by atoms with E-state index in [-0.39, 0.29) is 12.3 Å². The molecule has 4 aliphatic carbocycles. The monoisotopic (exact) mass is 970 g/mol. The summed E-state index contributed by atoms with van der Waals surface area (Å²) >= 11 is 1.95. The van der Waals surface area contributed by atoms with Gasteiger partial charge in [-0.05, 0) is 189 Å². The van der Waals surface area contributed by atoms with E-state index in [9.17, 15) is 0 Å². The Hall–Kier alpha value is -6.88. The van der Waals surface area contributed by atoms with Crippen LogP contribution >= 0.6 is 11.3 Å². The average molecular weight is 971 g/mol. The molecule has 4 bridgehead atoms. The van der Waals surface area contributed by atoms with E-state index in [4.69, 9.17) is 0 Å². The third-order valence-corrected chi connectivity index (χ3v) is 21.3. The lowest BCUT2D eigenvalue weighted by atomic mass is 9.43. The molecule has 2 nitrogen and oxygen atoms in total. The largest absolute Gasteiger partial charge is 0.376 e. The third-order valence-electron chi connectivity index (χ3n) is 20.1. The summed E-state index contributed by atoms with van der Waals surface area (Å²) in [5.41, 5.74) is 21.1. The number of aromatic nitrogens is 1. The van der Waals surface area contributed by atoms with E-state index in [0.717, 1.165) is 11.8 Å². The molecule has 0 radical (unpaired) electrons. The topological polar surface area (TPSA) is 8.17 Å². The van der Waals surface area contributed by atoms with Crippen molar-refractivity contribution in [3.05, 3.63) is 187 Å². The Morgan fingerprint density at radius 1 is 0.446 bits per heavy atom. The Bertz CT molecular complexity index is 4110. The van der Waals surface area contributed by atoms with E-state index in [2.05, 4.69) is 185 Å². The van der Waals surface area contributed by atoms with Crippen molar-refractivity contribution in [2.75, 3.05) is 4.81 Å². The van der Waals surface area contributed by atoms with Gasteiger partial charge in [0.05, 0.1) is 11.0 Å². The fraction of sp³-hybridized carbons (Fsp3) is 0.257. The smallest absolute Gasteiger partial charge is 0.333 e. The third kappa shape index (κ3) is 6.12. The van der Waals surface area contributed by atoms with Crippen LogP contribution in [0.2, 0.25) is 0 Å². The van der Waals surface area contributed by atoms with Crippen molar-refractivity contribution in [1.29, 1.82) is 0 Å². The van der Waals surface area contributed by atoms with Crippen LogP contribution in [-0.4, -0.2) is 11.4 Å². The Balaban J connectivity index is 0.998. The molecule has 358 valence electrons. The highest BCUT2D eigenvalue weighted by molar-refractivity contribution is 7.26. The van der Waals surface area contributed by atoms with E-state index in [1.165, 1.54) is 204 Å². The van der Waals surface area contributed by atoms with Crippen LogP contribution in [0, 0.1) is 11.8 Å². The summed E-state index contributed by atoms with van der Waals surface area (Å²) in [5, 5.41) is 8.25. The molecule has 6 aliphatic rings. The van der Waals surface area contributed by atoms with Gasteiger partial charge in [0.15, 0.2) is 0 Å². The number of rotatable bonds is 5. The molecule has 9 aromatic carbocycles. The zero-order chi connectivity index (χ0) is 48.3. The molecule has 0 amide bonds. The summed E-state index contributed by atoms with van der Waals surface area (Å²) < 4.78 is 5.47. The minimum Gasteiger partial charge on any atom is -0.376 e. The highest BCUT2D eigenvalue weighted by Crippen LogP contribution is 2.55. The van der Waals surface area contributed by atoms with Crippen LogP contribution in [0.25, 0.3) is 91.8 Å². The molecule has 0 spiro atoms. The Morgan fingerprint density at radius 2 is 1.04 bits per heavy atom. The number of fused-ring (bicyclic) bond motifs is 15. The molecule has 0 atom stereocenters. The molecule has 4 saturated carbocycles. The van der Waals surface area contributed by atoms with Gasteiger partial charge in [0.1, 0.15) is 0 Å². The highest BCUT2D eigenvalue weighted by Gasteiger charge is 2.48. The molecular weight excluding hydrogens is 912 g/mol. The lowest BCUT2D eigenvalue weighted by molar-refractivity contribution is 0.149. The maximum atomic E-state index is 2.80. The van der Waals surface area contributed by atoms with Gasteiger partial charge in [-0.1, -0.05) is 161 Å². The second-order valence-corrected chi connectivity index (χ2v) is 25.1. The molecule has 0 saturated heterocycles. The van der Waals surface area contributed by atoms with Crippen LogP contribution < -0.4 is 15.7 Å². The molecule has 74 heavy (non-hydrogen) atoms. The first-order chi connectivity index (χ1) is 36.5. The number of thiophene rings is 1. The van der Waals surface area contributed by atoms with Crippen LogP contribution in [0.3, 0.4) is 0 Å². The summed E-state index contributed by atoms with van der Waals surface area (Å²) in [6.07, 6.45) is 19.1. The van der Waals surface area contributed by atoms with Crippen LogP contribution in [-0.2, 0) is 10.8 Å². The van der Waals surface area contributed by atoms with Crippen molar-refractivity contribution in [3.63, 3.8) is 0 Å². The fourth-order valence-electron chi connectivity index (χ4n) is 16.8. The maximum Gasteiger partial charge on any atom is 0.333 e. The highest BCUT2D eigenvalue weighted by atomic mass is 32.1. The van der Waals surface area contributed by atoms with Gasteiger partial charge < -0.3 is 9.38 Å². The summed E-state index contributed by atoms with van der Waals surface area (Å²) in [5.74, 6) is 1.72. The van der Waals surface area contributed by atoms with E-state index in [1.54, 1.807) is 11.1 Å². The van der Waals surface area contributed by atoms with Gasteiger partial charge in [0.25, 0.3) is 0 Å². The van der Waals surface area contributed by atoms with Gasteiger partial charge in [-0.25, -0.2) is 0 Å². The Kier molecular flexibility index (Phi) is 9.08. The summed E-state index contributed by atoms with van der Waals surface area (Å²) in [6, 6.07) is 69.4. The van der Waals surface area contributed by atoms with Gasteiger partial charge in [0, 0.05) is 53.6 Å². The van der Waals surface area contributed by atoms with E-state index < -0.39 is 0 Å². The molecule has 2 aromatic heterocycles. The lowest BCUT2D eigenvalue weighted by Gasteiger charge is -2.47. The lowest BCUT2D eigenvalue weighted by Crippen LogP contribution is -2.61. The van der Waals surface area contributed by atoms with E-state index in [1.807, 2.05) is 11.3 Å². The van der Waals surface area contributed by atoms with Crippen LogP contribution in [0.15, 0.2) is 176 Å². The number of anilines is 2. The van der Waals surface area contributed by atoms with Gasteiger partial charge >= 0.3 is 6.85 Å². The average Bonchev–Trinajstić information content (AvgIpc) is 4.11. The minimum atomic E-state index is -0.0442. The Morgan fingerprint density at radius 3 is 1.74 bits per heavy atom. The first kappa shape index (κ1) is 42.5. The zero-order valence-corrected chi connectivity index (χ0v) is 43.0. The van der Waals surface area contributed by atoms with Crippen molar-refractivity contribution in [3.8, 4) is 39.1 Å². The van der Waals surface area contributed by atoms with Gasteiger partial charge in [0.2, 0.25) is 0 Å². The molecule has 4 heteroatoms. The van der Waals surface area contributed by atoms with E-state index in [0.29, 0.717) is 5.41 Å². The predicted octanol–water partition coefficient (Wildman–Crippen LogP) is 18.1. The van der Waals surface area contributed by atoms with Gasteiger partial charge in [-0.2, -0.15) is 0 Å². The summed E-state index contributed by atoms with van der Waals surface area (Å²) in [4.78, 5) is 2.80. The van der Waals surface area contributed by atoms with Crippen LogP contribution in [0.1, 0.15) is 101 Å². The van der Waals surface area contributed by atoms with Crippen LogP contribution in [0.4, 0.5) is 11.4 Å². The molecule has 0 unspecified atom stereocenters. The molecule has 2 aliphatic heterocycles. The first-order valence-corrected chi connectivity index (χ1v) is 29.1. The Labute approximate surface area is 438 Å². The molecule has 0 N–H and O–H groups in total. The van der Waals surface area contributed by atoms with Crippen LogP contribution in [0.5, 0.6) is 0 Å². The summed E-state index contributed by atoms with van der Waals surface area (Å²) in [6.45, 7) is -0.0442. The number of benzene rings is 9. The minimum absolute atomic E-state index is 0.0442. The second kappa shape index (κ2) is 15.8. The van der Waals surface area contributed by atoms with Gasteiger partial charge in [-0.15, -0.1) is 11.3 Å². The standard InChI is InChI=1S/C70H59BN2S/c1-3-17-46(18-4-1)48-23-26-54(27-24-48)73-63-40-58-57-33-49-21-7-8-22-50(49)36-65(57)74-66(58)41-56(63)59-34-51(47-19-5-2-6-20-47)35-64-67(59)71(73)61-39-53(70-31-11-15-45(43-70)16-12-32-70)38-60-55-37-52(25-28-62(55)72(64)68(60)61)69-29-9-13-44(42-69)14-10-30-69/h1-8,17-28,33-41,44-45H,9-16,29-32,42-43H2. The van der Waals surface area contributed by atoms with E-state index >= 15 is 0 Å². The van der Waals surface area contributed by atoms with Crippen molar-refractivity contribution >= 4 is 93.2 Å². The predicted molar refractivity (Wildman–Crippen MR) is 316 cm³/mol. The molecular formula is C70H59BN2S. The number of hydrogen-bond acceptors (Lipinski definition) is 2. The van der Waals surface area contributed by atoms with Crippen molar-refractivity contribution < 1.29 is 0 Å².